The molecule has 0 aliphatic carbocycles. The molecule has 0 radical (unpaired) electrons. The number of rotatable bonds is 6. The third kappa shape index (κ3) is 5.19. The molecule has 0 fully saturated rings. The van der Waals surface area contributed by atoms with E-state index in [1.165, 1.54) is 5.56 Å². The van der Waals surface area contributed by atoms with Gasteiger partial charge in [0.15, 0.2) is 12.4 Å². The van der Waals surface area contributed by atoms with Crippen LogP contribution in [0.2, 0.25) is 0 Å². The summed E-state index contributed by atoms with van der Waals surface area (Å²) in [7, 11) is 0. The van der Waals surface area contributed by atoms with E-state index in [1.54, 1.807) is 0 Å². The van der Waals surface area contributed by atoms with E-state index in [4.69, 9.17) is 9.26 Å². The molecule has 2 rings (SSSR count). The van der Waals surface area contributed by atoms with Crippen molar-refractivity contribution in [2.45, 2.75) is 52.8 Å². The molecule has 0 amide bonds. The standard InChI is InChI=1S/C16H23N3O2/c1-5-14-18-15(21-19-14)11-20-13-8-6-12(7-9-13)10-17-16(2,3)4/h6-9,17H,5,10-11H2,1-4H3. The summed E-state index contributed by atoms with van der Waals surface area (Å²) < 4.78 is 10.7. The Hall–Kier alpha value is -1.88. The van der Waals surface area contributed by atoms with Crippen molar-refractivity contribution in [2.24, 2.45) is 0 Å². The van der Waals surface area contributed by atoms with Crippen LogP contribution in [-0.2, 0) is 19.6 Å². The molecule has 0 saturated heterocycles. The quantitative estimate of drug-likeness (QED) is 0.885. The van der Waals surface area contributed by atoms with Crippen LogP contribution < -0.4 is 10.1 Å². The molecule has 1 heterocycles. The van der Waals surface area contributed by atoms with Gasteiger partial charge in [-0.1, -0.05) is 24.2 Å². The van der Waals surface area contributed by atoms with Crippen LogP contribution in [0.5, 0.6) is 5.75 Å². The lowest BCUT2D eigenvalue weighted by atomic mass is 10.1. The van der Waals surface area contributed by atoms with Crippen molar-refractivity contribution in [3.05, 3.63) is 41.5 Å². The summed E-state index contributed by atoms with van der Waals surface area (Å²) in [5.41, 5.74) is 1.34. The minimum Gasteiger partial charge on any atom is -0.484 e. The zero-order chi connectivity index (χ0) is 15.3. The third-order valence-electron chi connectivity index (χ3n) is 2.93. The minimum atomic E-state index is 0.115. The van der Waals surface area contributed by atoms with Gasteiger partial charge in [0, 0.05) is 18.5 Å². The highest BCUT2D eigenvalue weighted by Gasteiger charge is 2.08. The predicted octanol–water partition coefficient (Wildman–Crippen LogP) is 3.10. The zero-order valence-electron chi connectivity index (χ0n) is 13.1. The maximum atomic E-state index is 5.63. The van der Waals surface area contributed by atoms with Gasteiger partial charge in [-0.2, -0.15) is 4.98 Å². The first-order chi connectivity index (χ1) is 9.96. The molecular formula is C16H23N3O2. The summed E-state index contributed by atoms with van der Waals surface area (Å²) in [5, 5.41) is 7.28. The first-order valence-corrected chi connectivity index (χ1v) is 7.24. The van der Waals surface area contributed by atoms with Gasteiger partial charge in [-0.25, -0.2) is 0 Å². The van der Waals surface area contributed by atoms with Gasteiger partial charge in [0.25, 0.3) is 5.89 Å². The molecule has 1 aromatic heterocycles. The number of nitrogens with one attached hydrogen (secondary N) is 1. The second-order valence-corrected chi connectivity index (χ2v) is 5.99. The molecule has 5 heteroatoms. The average molecular weight is 289 g/mol. The van der Waals surface area contributed by atoms with Crippen LogP contribution in [-0.4, -0.2) is 15.7 Å². The summed E-state index contributed by atoms with van der Waals surface area (Å²) in [4.78, 5) is 4.21. The Kier molecular flexibility index (Phi) is 4.96. The monoisotopic (exact) mass is 289 g/mol. The molecular weight excluding hydrogens is 266 g/mol. The Morgan fingerprint density at radius 1 is 1.19 bits per heavy atom. The number of ether oxygens (including phenoxy) is 1. The van der Waals surface area contributed by atoms with Gasteiger partial charge < -0.3 is 14.6 Å². The molecule has 114 valence electrons. The molecule has 0 aliphatic heterocycles. The van der Waals surface area contributed by atoms with Crippen LogP contribution in [0.1, 0.15) is 45.0 Å². The van der Waals surface area contributed by atoms with E-state index in [1.807, 2.05) is 19.1 Å². The Balaban J connectivity index is 1.84. The lowest BCUT2D eigenvalue weighted by molar-refractivity contribution is 0.242. The predicted molar refractivity (Wildman–Crippen MR) is 81.0 cm³/mol. The van der Waals surface area contributed by atoms with Gasteiger partial charge in [-0.15, -0.1) is 0 Å². The van der Waals surface area contributed by atoms with Crippen molar-refractivity contribution >= 4 is 0 Å². The summed E-state index contributed by atoms with van der Waals surface area (Å²) in [6, 6.07) is 8.02. The highest BCUT2D eigenvalue weighted by molar-refractivity contribution is 5.27. The molecule has 0 bridgehead atoms. The molecule has 0 spiro atoms. The van der Waals surface area contributed by atoms with Gasteiger partial charge in [0.2, 0.25) is 0 Å². The molecule has 5 nitrogen and oxygen atoms in total. The molecule has 0 atom stereocenters. The van der Waals surface area contributed by atoms with Crippen molar-refractivity contribution in [3.63, 3.8) is 0 Å². The normalized spacial score (nSPS) is 11.6. The Labute approximate surface area is 125 Å². The van der Waals surface area contributed by atoms with Crippen LogP contribution in [0.25, 0.3) is 0 Å². The largest absolute Gasteiger partial charge is 0.484 e. The number of aromatic nitrogens is 2. The average Bonchev–Trinajstić information content (AvgIpc) is 2.91. The SMILES string of the molecule is CCc1noc(COc2ccc(CNC(C)(C)C)cc2)n1. The maximum Gasteiger partial charge on any atom is 0.264 e. The second kappa shape index (κ2) is 6.72. The first kappa shape index (κ1) is 15.5. The topological polar surface area (TPSA) is 60.2 Å². The highest BCUT2D eigenvalue weighted by Crippen LogP contribution is 2.14. The Bertz CT molecular complexity index is 556. The second-order valence-electron chi connectivity index (χ2n) is 5.99. The molecule has 0 unspecified atom stereocenters. The molecule has 2 aromatic rings. The van der Waals surface area contributed by atoms with Gasteiger partial charge in [0.05, 0.1) is 0 Å². The fourth-order valence-corrected chi connectivity index (χ4v) is 1.71. The van der Waals surface area contributed by atoms with Crippen LogP contribution in [0.3, 0.4) is 0 Å². The van der Waals surface area contributed by atoms with Crippen LogP contribution in [0.15, 0.2) is 28.8 Å². The summed E-state index contributed by atoms with van der Waals surface area (Å²) in [5.74, 6) is 2.01. The summed E-state index contributed by atoms with van der Waals surface area (Å²) in [6.07, 6.45) is 0.763. The Morgan fingerprint density at radius 3 is 2.48 bits per heavy atom. The first-order valence-electron chi connectivity index (χ1n) is 7.24. The number of hydrogen-bond acceptors (Lipinski definition) is 5. The molecule has 0 aliphatic rings. The minimum absolute atomic E-state index is 0.115. The van der Waals surface area contributed by atoms with Crippen LogP contribution in [0, 0.1) is 0 Å². The lowest BCUT2D eigenvalue weighted by Crippen LogP contribution is -2.34. The van der Waals surface area contributed by atoms with Gasteiger partial charge >= 0.3 is 0 Å². The number of hydrogen-bond donors (Lipinski definition) is 1. The maximum absolute atomic E-state index is 5.63. The van der Waals surface area contributed by atoms with E-state index < -0.39 is 0 Å². The van der Waals surface area contributed by atoms with Crippen molar-refractivity contribution in [2.75, 3.05) is 0 Å². The van der Waals surface area contributed by atoms with Crippen molar-refractivity contribution < 1.29 is 9.26 Å². The highest BCUT2D eigenvalue weighted by atomic mass is 16.5. The van der Waals surface area contributed by atoms with Crippen LogP contribution in [0.4, 0.5) is 0 Å². The smallest absolute Gasteiger partial charge is 0.264 e. The van der Waals surface area contributed by atoms with E-state index >= 15 is 0 Å². The Morgan fingerprint density at radius 2 is 1.90 bits per heavy atom. The molecule has 21 heavy (non-hydrogen) atoms. The van der Waals surface area contributed by atoms with E-state index in [0.29, 0.717) is 18.3 Å². The summed E-state index contributed by atoms with van der Waals surface area (Å²) >= 11 is 0. The number of nitrogens with zero attached hydrogens (tertiary/aromatic N) is 2. The van der Waals surface area contributed by atoms with E-state index in [0.717, 1.165) is 18.7 Å². The van der Waals surface area contributed by atoms with E-state index in [-0.39, 0.29) is 5.54 Å². The fraction of sp³-hybridized carbons (Fsp3) is 0.500. The fourth-order valence-electron chi connectivity index (χ4n) is 1.71. The molecule has 1 N–H and O–H groups in total. The molecule has 1 aromatic carbocycles. The van der Waals surface area contributed by atoms with Crippen molar-refractivity contribution in [1.29, 1.82) is 0 Å². The van der Waals surface area contributed by atoms with Crippen LogP contribution >= 0.6 is 0 Å². The van der Waals surface area contributed by atoms with Crippen molar-refractivity contribution in [1.82, 2.24) is 15.5 Å². The van der Waals surface area contributed by atoms with Crippen molar-refractivity contribution in [3.8, 4) is 5.75 Å². The van der Waals surface area contributed by atoms with Gasteiger partial charge in [0.1, 0.15) is 5.75 Å². The number of benzene rings is 1. The number of aryl methyl sites for hydroxylation is 1. The van der Waals surface area contributed by atoms with E-state index in [9.17, 15) is 0 Å². The lowest BCUT2D eigenvalue weighted by Gasteiger charge is -2.20. The van der Waals surface area contributed by atoms with Gasteiger partial charge in [-0.3, -0.25) is 0 Å². The van der Waals surface area contributed by atoms with E-state index in [2.05, 4.69) is 48.4 Å². The van der Waals surface area contributed by atoms with Gasteiger partial charge in [-0.05, 0) is 38.5 Å². The third-order valence-corrected chi connectivity index (χ3v) is 2.93. The summed E-state index contributed by atoms with van der Waals surface area (Å²) in [6.45, 7) is 9.58. The zero-order valence-corrected chi connectivity index (χ0v) is 13.1. The molecule has 0 saturated carbocycles.